The molecule has 1 aromatic heterocycles. The second-order valence-corrected chi connectivity index (χ2v) is 5.74. The first kappa shape index (κ1) is 12.6. The van der Waals surface area contributed by atoms with E-state index in [0.717, 1.165) is 32.5 Å². The predicted octanol–water partition coefficient (Wildman–Crippen LogP) is 1.37. The van der Waals surface area contributed by atoms with Crippen LogP contribution in [0.1, 0.15) is 38.3 Å². The van der Waals surface area contributed by atoms with Crippen molar-refractivity contribution in [3.05, 3.63) is 18.0 Å². The van der Waals surface area contributed by atoms with Gasteiger partial charge in [0.05, 0.1) is 5.60 Å². The summed E-state index contributed by atoms with van der Waals surface area (Å²) in [4.78, 5) is 2.35. The third kappa shape index (κ3) is 3.30. The highest BCUT2D eigenvalue weighted by Crippen LogP contribution is 2.27. The minimum absolute atomic E-state index is 0.584. The number of β-amino-alcohol motifs (C(OH)–C–C–N with tert-alkyl or cyclic N) is 1. The molecule has 0 aromatic carbocycles. The molecule has 1 aliphatic heterocycles. The Morgan fingerprint density at radius 1 is 1.41 bits per heavy atom. The van der Waals surface area contributed by atoms with Crippen molar-refractivity contribution in [3.63, 3.8) is 0 Å². The number of hydrogen-bond acceptors (Lipinski definition) is 3. The van der Waals surface area contributed by atoms with Gasteiger partial charge in [-0.1, -0.05) is 0 Å². The first-order valence-corrected chi connectivity index (χ1v) is 6.38. The van der Waals surface area contributed by atoms with Gasteiger partial charge in [0.15, 0.2) is 0 Å². The number of nitrogens with zero attached hydrogens (tertiary/aromatic N) is 3. The van der Waals surface area contributed by atoms with Crippen molar-refractivity contribution in [2.24, 2.45) is 7.05 Å². The van der Waals surface area contributed by atoms with Crippen LogP contribution in [0.3, 0.4) is 0 Å². The number of likely N-dealkylation sites (tertiary alicyclic amines) is 1. The molecule has 0 spiro atoms. The van der Waals surface area contributed by atoms with Crippen LogP contribution in [-0.2, 0) is 7.05 Å². The second kappa shape index (κ2) is 4.78. The normalized spacial score (nSPS) is 19.8. The van der Waals surface area contributed by atoms with Gasteiger partial charge >= 0.3 is 0 Å². The van der Waals surface area contributed by atoms with E-state index in [9.17, 15) is 5.11 Å². The van der Waals surface area contributed by atoms with E-state index in [-0.39, 0.29) is 0 Å². The van der Waals surface area contributed by atoms with Crippen LogP contribution >= 0.6 is 0 Å². The molecule has 2 rings (SSSR count). The largest absolute Gasteiger partial charge is 0.389 e. The lowest BCUT2D eigenvalue weighted by Gasteiger charge is -2.35. The molecule has 96 valence electrons. The highest BCUT2D eigenvalue weighted by molar-refractivity contribution is 5.08. The Kier molecular flexibility index (Phi) is 3.54. The molecule has 0 aliphatic carbocycles. The van der Waals surface area contributed by atoms with E-state index in [1.807, 2.05) is 31.8 Å². The molecule has 0 unspecified atom stereocenters. The number of aromatic nitrogens is 2. The number of aryl methyl sites for hydroxylation is 1. The topological polar surface area (TPSA) is 41.3 Å². The van der Waals surface area contributed by atoms with Crippen molar-refractivity contribution < 1.29 is 5.11 Å². The molecule has 4 nitrogen and oxygen atoms in total. The average molecular weight is 237 g/mol. The molecule has 4 heteroatoms. The molecule has 0 saturated carbocycles. The van der Waals surface area contributed by atoms with Crippen LogP contribution in [0.2, 0.25) is 0 Å². The van der Waals surface area contributed by atoms with Crippen molar-refractivity contribution in [3.8, 4) is 0 Å². The number of aliphatic hydroxyl groups is 1. The van der Waals surface area contributed by atoms with Crippen LogP contribution in [0.5, 0.6) is 0 Å². The molecule has 0 amide bonds. The van der Waals surface area contributed by atoms with Crippen LogP contribution in [0.4, 0.5) is 0 Å². The standard InChI is InChI=1S/C13H23N3O/c1-13(2,17)10-16-8-5-11(6-9-16)12-4-7-14-15(12)3/h4,7,11,17H,5-6,8-10H2,1-3H3. The van der Waals surface area contributed by atoms with Crippen LogP contribution in [0.25, 0.3) is 0 Å². The fraction of sp³-hybridized carbons (Fsp3) is 0.769. The summed E-state index contributed by atoms with van der Waals surface area (Å²) in [7, 11) is 2.01. The first-order chi connectivity index (χ1) is 7.96. The predicted molar refractivity (Wildman–Crippen MR) is 67.9 cm³/mol. The molecule has 0 bridgehead atoms. The summed E-state index contributed by atoms with van der Waals surface area (Å²) >= 11 is 0. The van der Waals surface area contributed by atoms with Gasteiger partial charge in [-0.25, -0.2) is 0 Å². The SMILES string of the molecule is Cn1nccc1C1CCN(CC(C)(C)O)CC1. The number of hydrogen-bond donors (Lipinski definition) is 1. The quantitative estimate of drug-likeness (QED) is 0.863. The molecule has 1 saturated heterocycles. The Labute approximate surface area is 103 Å². The summed E-state index contributed by atoms with van der Waals surface area (Å²) in [5.74, 6) is 0.626. The van der Waals surface area contributed by atoms with E-state index in [1.165, 1.54) is 5.69 Å². The number of piperidine rings is 1. The minimum Gasteiger partial charge on any atom is -0.389 e. The molecule has 2 heterocycles. The summed E-state index contributed by atoms with van der Waals surface area (Å²) in [6.07, 6.45) is 4.20. The second-order valence-electron chi connectivity index (χ2n) is 5.74. The Balaban J connectivity index is 1.88. The molecule has 1 aliphatic rings. The highest BCUT2D eigenvalue weighted by Gasteiger charge is 2.25. The Hall–Kier alpha value is -0.870. The molecule has 17 heavy (non-hydrogen) atoms. The fourth-order valence-electron chi connectivity index (χ4n) is 2.72. The van der Waals surface area contributed by atoms with Gasteiger partial charge in [0.2, 0.25) is 0 Å². The fourth-order valence-corrected chi connectivity index (χ4v) is 2.72. The smallest absolute Gasteiger partial charge is 0.0718 e. The van der Waals surface area contributed by atoms with Crippen LogP contribution in [0.15, 0.2) is 12.3 Å². The van der Waals surface area contributed by atoms with Gasteiger partial charge in [-0.05, 0) is 45.8 Å². The van der Waals surface area contributed by atoms with E-state index >= 15 is 0 Å². The maximum atomic E-state index is 9.81. The third-order valence-corrected chi connectivity index (χ3v) is 3.48. The summed E-state index contributed by atoms with van der Waals surface area (Å²) in [6, 6.07) is 2.12. The first-order valence-electron chi connectivity index (χ1n) is 6.38. The lowest BCUT2D eigenvalue weighted by atomic mass is 9.92. The van der Waals surface area contributed by atoms with Crippen molar-refractivity contribution >= 4 is 0 Å². The van der Waals surface area contributed by atoms with Crippen molar-refractivity contribution in [1.82, 2.24) is 14.7 Å². The van der Waals surface area contributed by atoms with Crippen LogP contribution < -0.4 is 0 Å². The van der Waals surface area contributed by atoms with Crippen molar-refractivity contribution in [2.45, 2.75) is 38.2 Å². The Morgan fingerprint density at radius 2 is 2.06 bits per heavy atom. The van der Waals surface area contributed by atoms with Gasteiger partial charge in [-0.2, -0.15) is 5.10 Å². The van der Waals surface area contributed by atoms with Crippen LogP contribution in [0, 0.1) is 0 Å². The maximum absolute atomic E-state index is 9.81. The highest BCUT2D eigenvalue weighted by atomic mass is 16.3. The molecule has 0 atom stereocenters. The lowest BCUT2D eigenvalue weighted by Crippen LogP contribution is -2.42. The van der Waals surface area contributed by atoms with E-state index in [0.29, 0.717) is 5.92 Å². The molecular formula is C13H23N3O. The number of rotatable bonds is 3. The van der Waals surface area contributed by atoms with E-state index < -0.39 is 5.60 Å². The zero-order valence-corrected chi connectivity index (χ0v) is 11.1. The summed E-state index contributed by atoms with van der Waals surface area (Å²) in [6.45, 7) is 6.66. The van der Waals surface area contributed by atoms with E-state index in [1.54, 1.807) is 0 Å². The lowest BCUT2D eigenvalue weighted by molar-refractivity contribution is 0.0279. The molecule has 0 radical (unpaired) electrons. The zero-order valence-electron chi connectivity index (χ0n) is 11.1. The molecule has 1 aromatic rings. The van der Waals surface area contributed by atoms with Gasteiger partial charge in [0, 0.05) is 31.4 Å². The molecular weight excluding hydrogens is 214 g/mol. The van der Waals surface area contributed by atoms with Gasteiger partial charge in [-0.15, -0.1) is 0 Å². The summed E-state index contributed by atoms with van der Waals surface area (Å²) < 4.78 is 1.98. The minimum atomic E-state index is -0.584. The van der Waals surface area contributed by atoms with Gasteiger partial charge < -0.3 is 10.0 Å². The van der Waals surface area contributed by atoms with E-state index in [2.05, 4.69) is 16.1 Å². The molecule has 1 N–H and O–H groups in total. The monoisotopic (exact) mass is 237 g/mol. The maximum Gasteiger partial charge on any atom is 0.0718 e. The average Bonchev–Trinajstić information content (AvgIpc) is 2.63. The van der Waals surface area contributed by atoms with Gasteiger partial charge in [0.1, 0.15) is 0 Å². The Morgan fingerprint density at radius 3 is 2.53 bits per heavy atom. The summed E-state index contributed by atoms with van der Waals surface area (Å²) in [5.41, 5.74) is 0.757. The van der Waals surface area contributed by atoms with Gasteiger partial charge in [0.25, 0.3) is 0 Å². The van der Waals surface area contributed by atoms with Crippen molar-refractivity contribution in [1.29, 1.82) is 0 Å². The van der Waals surface area contributed by atoms with E-state index in [4.69, 9.17) is 0 Å². The third-order valence-electron chi connectivity index (χ3n) is 3.48. The Bertz CT molecular complexity index is 359. The zero-order chi connectivity index (χ0) is 12.5. The van der Waals surface area contributed by atoms with Crippen LogP contribution in [-0.4, -0.2) is 45.0 Å². The molecule has 1 fully saturated rings. The summed E-state index contributed by atoms with van der Waals surface area (Å²) in [5, 5.41) is 14.0. The van der Waals surface area contributed by atoms with Crippen molar-refractivity contribution in [2.75, 3.05) is 19.6 Å². The van der Waals surface area contributed by atoms with Gasteiger partial charge in [-0.3, -0.25) is 4.68 Å².